The van der Waals surface area contributed by atoms with Gasteiger partial charge in [0.15, 0.2) is 11.7 Å². The molecule has 3 aromatic rings. The molecule has 3 heterocycles. The van der Waals surface area contributed by atoms with E-state index in [0.29, 0.717) is 0 Å². The maximum atomic E-state index is 16.1. The number of aliphatic hydroxyl groups excluding tert-OH is 2. The van der Waals surface area contributed by atoms with E-state index in [-0.39, 0.29) is 64.6 Å². The van der Waals surface area contributed by atoms with Gasteiger partial charge in [-0.05, 0) is 24.6 Å². The third-order valence-corrected chi connectivity index (χ3v) is 5.77. The fraction of sp³-hybridized carbons (Fsp3) is 0.348. The van der Waals surface area contributed by atoms with Crippen LogP contribution in [0.3, 0.4) is 0 Å². The summed E-state index contributed by atoms with van der Waals surface area (Å²) in [6.07, 6.45) is 0.208. The number of halogens is 3. The molecule has 2 atom stereocenters. The number of nitrogens with one attached hydrogen (secondary N) is 1. The Morgan fingerprint density at radius 2 is 2.00 bits per heavy atom. The van der Waals surface area contributed by atoms with Crippen LogP contribution < -0.4 is 21.5 Å². The summed E-state index contributed by atoms with van der Waals surface area (Å²) in [5.41, 5.74) is 10.7. The monoisotopic (exact) mass is 534 g/mol. The molecule has 0 fully saturated rings. The Balaban J connectivity index is 1.85. The molecule has 7 N–H and O–H groups in total. The quantitative estimate of drug-likeness (QED) is 0.208. The number of fused-ring (bicyclic) bond motifs is 1. The predicted molar refractivity (Wildman–Crippen MR) is 130 cm³/mol. The smallest absolute Gasteiger partial charge is 0.314 e. The van der Waals surface area contributed by atoms with Crippen LogP contribution in [-0.2, 0) is 10.8 Å². The van der Waals surface area contributed by atoms with Crippen molar-refractivity contribution in [2.45, 2.75) is 31.4 Å². The third kappa shape index (κ3) is 5.10. The predicted octanol–water partition coefficient (Wildman–Crippen LogP) is 1.41. The van der Waals surface area contributed by atoms with Gasteiger partial charge >= 0.3 is 5.92 Å². The molecule has 0 saturated carbocycles. The Morgan fingerprint density at radius 1 is 1.24 bits per heavy atom. The van der Waals surface area contributed by atoms with Crippen molar-refractivity contribution in [1.29, 1.82) is 0 Å². The summed E-state index contributed by atoms with van der Waals surface area (Å²) in [6, 6.07) is 1.40. The number of hydrogen-bond donors (Lipinski definition) is 5. The summed E-state index contributed by atoms with van der Waals surface area (Å²) in [5, 5.41) is 25.1. The van der Waals surface area contributed by atoms with Crippen molar-refractivity contribution in [3.8, 4) is 17.1 Å². The lowest BCUT2D eigenvalue weighted by Gasteiger charge is -2.35. The Kier molecular flexibility index (Phi) is 7.50. The summed E-state index contributed by atoms with van der Waals surface area (Å²) in [4.78, 5) is 21.2. The maximum Gasteiger partial charge on any atom is 0.314 e. The number of amidine groups is 1. The molecule has 1 aliphatic heterocycles. The fourth-order valence-electron chi connectivity index (χ4n) is 3.95. The zero-order valence-corrected chi connectivity index (χ0v) is 20.3. The van der Waals surface area contributed by atoms with E-state index >= 15 is 8.78 Å². The summed E-state index contributed by atoms with van der Waals surface area (Å²) in [5.74, 6) is -5.01. The highest BCUT2D eigenvalue weighted by molar-refractivity contribution is 6.02. The molecule has 12 nitrogen and oxygen atoms in total. The van der Waals surface area contributed by atoms with Crippen molar-refractivity contribution < 1.29 is 33.0 Å². The lowest BCUT2D eigenvalue weighted by Crippen LogP contribution is -2.47. The van der Waals surface area contributed by atoms with E-state index in [2.05, 4.69) is 30.4 Å². The van der Waals surface area contributed by atoms with Crippen LogP contribution in [0.4, 0.5) is 24.9 Å². The first kappa shape index (κ1) is 26.8. The van der Waals surface area contributed by atoms with Crippen molar-refractivity contribution in [2.24, 2.45) is 5.16 Å². The largest absolute Gasteiger partial charge is 0.478 e. The molecule has 0 radical (unpaired) electrons. The highest BCUT2D eigenvalue weighted by Crippen LogP contribution is 2.47. The first-order valence-electron chi connectivity index (χ1n) is 11.3. The Bertz CT molecular complexity index is 1370. The second kappa shape index (κ2) is 10.6. The van der Waals surface area contributed by atoms with Gasteiger partial charge in [-0.25, -0.2) is 24.3 Å². The van der Waals surface area contributed by atoms with Gasteiger partial charge in [0.2, 0.25) is 5.95 Å². The molecule has 38 heavy (non-hydrogen) atoms. The molecule has 0 spiro atoms. The number of nitrogens with two attached hydrogens (primary N) is 2. The molecular weight excluding hydrogens is 509 g/mol. The molecule has 0 saturated heterocycles. The summed E-state index contributed by atoms with van der Waals surface area (Å²) < 4.78 is 51.6. The van der Waals surface area contributed by atoms with Crippen molar-refractivity contribution in [2.75, 3.05) is 31.8 Å². The lowest BCUT2D eigenvalue weighted by molar-refractivity contribution is -0.0472. The summed E-state index contributed by atoms with van der Waals surface area (Å²) in [6.45, 7) is 0.855. The van der Waals surface area contributed by atoms with Gasteiger partial charge in [-0.3, -0.25) is 0 Å². The minimum atomic E-state index is -3.69. The van der Waals surface area contributed by atoms with Crippen molar-refractivity contribution in [3.05, 3.63) is 52.7 Å². The number of benzene rings is 1. The molecular formula is C23H25F3N8O4. The molecule has 4 rings (SSSR count). The van der Waals surface area contributed by atoms with E-state index in [1.54, 1.807) is 0 Å². The van der Waals surface area contributed by atoms with Crippen molar-refractivity contribution in [1.82, 2.24) is 25.3 Å². The number of ether oxygens (including phenoxy) is 1. The second-order valence-electron chi connectivity index (χ2n) is 8.37. The Morgan fingerprint density at radius 3 is 2.71 bits per heavy atom. The number of oxime groups is 1. The molecule has 15 heteroatoms. The van der Waals surface area contributed by atoms with Crippen molar-refractivity contribution >= 4 is 17.6 Å². The zero-order chi connectivity index (χ0) is 27.6. The first-order valence-corrected chi connectivity index (χ1v) is 11.3. The normalized spacial score (nSPS) is 18.0. The number of alkyl halides is 2. The highest BCUT2D eigenvalue weighted by atomic mass is 19.3. The third-order valence-electron chi connectivity index (χ3n) is 5.77. The minimum Gasteiger partial charge on any atom is -0.478 e. The van der Waals surface area contributed by atoms with Gasteiger partial charge in [0.05, 0.1) is 43.0 Å². The number of nitrogens with zero attached hydrogens (tertiary/aromatic N) is 5. The molecule has 0 aliphatic carbocycles. The summed E-state index contributed by atoms with van der Waals surface area (Å²) in [7, 11) is 1.30. The SMILES string of the molecule is COc1nc(-c2cc(F)ccc2[C@@H]2N/C(=N\OCCC(O)CO)c3c(C)nc(N)nc3C2(F)F)cnc1N. The highest BCUT2D eigenvalue weighted by Gasteiger charge is 2.52. The number of rotatable bonds is 8. The van der Waals surface area contributed by atoms with Gasteiger partial charge < -0.3 is 36.6 Å². The molecule has 2 aromatic heterocycles. The van der Waals surface area contributed by atoms with Crippen LogP contribution in [0, 0.1) is 12.7 Å². The zero-order valence-electron chi connectivity index (χ0n) is 20.3. The van der Waals surface area contributed by atoms with E-state index in [9.17, 15) is 9.50 Å². The van der Waals surface area contributed by atoms with Gasteiger partial charge in [-0.15, -0.1) is 0 Å². The topological polar surface area (TPSA) is 187 Å². The van der Waals surface area contributed by atoms with Gasteiger partial charge in [-0.1, -0.05) is 11.2 Å². The molecule has 1 unspecified atom stereocenters. The van der Waals surface area contributed by atoms with Gasteiger partial charge in [0, 0.05) is 12.0 Å². The fourth-order valence-corrected chi connectivity index (χ4v) is 3.95. The van der Waals surface area contributed by atoms with E-state index in [4.69, 9.17) is 26.1 Å². The number of hydrogen-bond acceptors (Lipinski definition) is 11. The average Bonchev–Trinajstić information content (AvgIpc) is 2.88. The van der Waals surface area contributed by atoms with Gasteiger partial charge in [0.25, 0.3) is 5.88 Å². The van der Waals surface area contributed by atoms with Gasteiger partial charge in [-0.2, -0.15) is 8.78 Å². The number of aromatic nitrogens is 4. The van der Waals surface area contributed by atoms with Crippen LogP contribution in [0.15, 0.2) is 29.6 Å². The average molecular weight is 534 g/mol. The second-order valence-corrected chi connectivity index (χ2v) is 8.37. The van der Waals surface area contributed by atoms with E-state index in [0.717, 1.165) is 12.1 Å². The van der Waals surface area contributed by atoms with Crippen LogP contribution in [0.1, 0.15) is 35.0 Å². The van der Waals surface area contributed by atoms with Crippen LogP contribution in [0.25, 0.3) is 11.3 Å². The van der Waals surface area contributed by atoms with Crippen LogP contribution in [0.2, 0.25) is 0 Å². The van der Waals surface area contributed by atoms with E-state index in [1.807, 2.05) is 0 Å². The molecule has 1 aliphatic rings. The van der Waals surface area contributed by atoms with E-state index in [1.165, 1.54) is 26.3 Å². The minimum absolute atomic E-state index is 0.0125. The van der Waals surface area contributed by atoms with Crippen LogP contribution in [-0.4, -0.2) is 62.4 Å². The molecule has 0 amide bonds. The van der Waals surface area contributed by atoms with Crippen LogP contribution in [0.5, 0.6) is 5.88 Å². The Hall–Kier alpha value is -4.24. The molecule has 202 valence electrons. The number of nitrogen functional groups attached to an aromatic ring is 2. The standard InChI is InChI=1S/C23H25F3N8O4/c1-10-16-18(33-22(28)30-10)23(25,26)17(32-20(16)34-38-6-5-12(36)9-35)13-4-3-11(24)7-14(13)15-8-29-19(27)21(31-15)37-2/h3-4,7-8,12,17,35-36H,5-6,9H2,1-2H3,(H2,27,29)(H,32,34)(H2,28,30,33)/t12?,17-/m0/s1. The number of methoxy groups -OCH3 is 1. The van der Waals surface area contributed by atoms with Gasteiger partial charge in [0.1, 0.15) is 24.2 Å². The summed E-state index contributed by atoms with van der Waals surface area (Å²) >= 11 is 0. The first-order chi connectivity index (χ1) is 18.1. The van der Waals surface area contributed by atoms with Crippen LogP contribution >= 0.6 is 0 Å². The van der Waals surface area contributed by atoms with E-state index < -0.39 is 36.2 Å². The lowest BCUT2D eigenvalue weighted by atomic mass is 9.87. The maximum absolute atomic E-state index is 16.1. The number of aryl methyl sites for hydroxylation is 1. The Labute approximate surface area is 214 Å². The molecule has 1 aromatic carbocycles. The molecule has 0 bridgehead atoms. The number of aliphatic hydroxyl groups is 2. The number of anilines is 2. The van der Waals surface area contributed by atoms with Crippen molar-refractivity contribution in [3.63, 3.8) is 0 Å².